The molecule has 0 saturated carbocycles. The van der Waals surface area contributed by atoms with Gasteiger partial charge in [0.05, 0.1) is 10.7 Å². The van der Waals surface area contributed by atoms with Crippen LogP contribution in [-0.4, -0.2) is 11.8 Å². The van der Waals surface area contributed by atoms with Crippen LogP contribution in [0.3, 0.4) is 0 Å². The van der Waals surface area contributed by atoms with Crippen molar-refractivity contribution in [1.29, 1.82) is 0 Å². The third kappa shape index (κ3) is 6.00. The van der Waals surface area contributed by atoms with Crippen molar-refractivity contribution in [2.75, 3.05) is 10.6 Å². The lowest BCUT2D eigenvalue weighted by Crippen LogP contribution is -2.19. The summed E-state index contributed by atoms with van der Waals surface area (Å²) in [5.74, 6) is -0.364. The van der Waals surface area contributed by atoms with Crippen LogP contribution >= 0.6 is 35.0 Å². The van der Waals surface area contributed by atoms with E-state index in [1.54, 1.807) is 24.3 Å². The standard InChI is InChI=1S/C22H18Cl2N2O2S/c1-14(27)25-17-8-5-9-18(13-17)29-21(15-6-3-2-4-7-15)22(28)26-20-11-10-16(23)12-19(20)24/h2-13,21H,1H3,(H,25,27)(H,26,28). The van der Waals surface area contributed by atoms with Gasteiger partial charge < -0.3 is 10.6 Å². The summed E-state index contributed by atoms with van der Waals surface area (Å²) in [6.07, 6.45) is 0. The van der Waals surface area contributed by atoms with Gasteiger partial charge in [-0.2, -0.15) is 0 Å². The van der Waals surface area contributed by atoms with E-state index < -0.39 is 5.25 Å². The van der Waals surface area contributed by atoms with Crippen LogP contribution in [0.15, 0.2) is 77.7 Å². The van der Waals surface area contributed by atoms with E-state index in [1.165, 1.54) is 18.7 Å². The van der Waals surface area contributed by atoms with E-state index in [9.17, 15) is 9.59 Å². The first kappa shape index (κ1) is 21.2. The topological polar surface area (TPSA) is 58.2 Å². The fourth-order valence-electron chi connectivity index (χ4n) is 2.68. The highest BCUT2D eigenvalue weighted by atomic mass is 35.5. The molecule has 0 aliphatic rings. The number of amides is 2. The number of halogens is 2. The minimum Gasteiger partial charge on any atom is -0.326 e. The van der Waals surface area contributed by atoms with Gasteiger partial charge in [0, 0.05) is 22.5 Å². The molecular weight excluding hydrogens is 427 g/mol. The molecule has 2 amide bonds. The first-order chi connectivity index (χ1) is 13.9. The molecule has 0 spiro atoms. The maximum absolute atomic E-state index is 13.1. The van der Waals surface area contributed by atoms with Crippen LogP contribution in [0.4, 0.5) is 11.4 Å². The predicted molar refractivity (Wildman–Crippen MR) is 121 cm³/mol. The number of rotatable bonds is 6. The molecule has 1 unspecified atom stereocenters. The third-order valence-corrected chi connectivity index (χ3v) is 5.73. The summed E-state index contributed by atoms with van der Waals surface area (Å²) in [4.78, 5) is 25.3. The van der Waals surface area contributed by atoms with E-state index in [0.29, 0.717) is 21.4 Å². The van der Waals surface area contributed by atoms with Crippen LogP contribution in [0.5, 0.6) is 0 Å². The van der Waals surface area contributed by atoms with Crippen LogP contribution in [0, 0.1) is 0 Å². The lowest BCUT2D eigenvalue weighted by atomic mass is 10.1. The summed E-state index contributed by atoms with van der Waals surface area (Å²) in [6.45, 7) is 1.45. The minimum atomic E-state index is -0.518. The van der Waals surface area contributed by atoms with Crippen LogP contribution in [-0.2, 0) is 9.59 Å². The Morgan fingerprint density at radius 2 is 1.66 bits per heavy atom. The SMILES string of the molecule is CC(=O)Nc1cccc(SC(C(=O)Nc2ccc(Cl)cc2Cl)c2ccccc2)c1. The van der Waals surface area contributed by atoms with Crippen molar-refractivity contribution in [3.8, 4) is 0 Å². The Labute approximate surface area is 183 Å². The molecule has 0 bridgehead atoms. The summed E-state index contributed by atoms with van der Waals surface area (Å²) < 4.78 is 0. The average molecular weight is 445 g/mol. The molecule has 0 saturated heterocycles. The Morgan fingerprint density at radius 3 is 2.34 bits per heavy atom. The highest BCUT2D eigenvalue weighted by Crippen LogP contribution is 2.38. The van der Waals surface area contributed by atoms with E-state index in [1.807, 2.05) is 48.5 Å². The fourth-order valence-corrected chi connectivity index (χ4v) is 4.22. The van der Waals surface area contributed by atoms with Crippen LogP contribution in [0.25, 0.3) is 0 Å². The lowest BCUT2D eigenvalue weighted by molar-refractivity contribution is -0.116. The molecule has 148 valence electrons. The molecule has 3 rings (SSSR count). The molecule has 0 aromatic heterocycles. The molecule has 7 heteroatoms. The normalized spacial score (nSPS) is 11.6. The van der Waals surface area contributed by atoms with Crippen molar-refractivity contribution in [3.05, 3.63) is 88.4 Å². The van der Waals surface area contributed by atoms with Gasteiger partial charge in [-0.15, -0.1) is 11.8 Å². The van der Waals surface area contributed by atoms with E-state index in [0.717, 1.165) is 10.5 Å². The van der Waals surface area contributed by atoms with Gasteiger partial charge in [0.2, 0.25) is 11.8 Å². The minimum absolute atomic E-state index is 0.151. The Hall–Kier alpha value is -2.47. The summed E-state index contributed by atoms with van der Waals surface area (Å²) in [7, 11) is 0. The fraction of sp³-hybridized carbons (Fsp3) is 0.0909. The van der Waals surface area contributed by atoms with Gasteiger partial charge in [0.15, 0.2) is 0 Å². The van der Waals surface area contributed by atoms with Gasteiger partial charge in [-0.05, 0) is 42.0 Å². The Bertz CT molecular complexity index is 1030. The molecule has 3 aromatic rings. The monoisotopic (exact) mass is 444 g/mol. The van der Waals surface area contributed by atoms with Crippen molar-refractivity contribution in [3.63, 3.8) is 0 Å². The zero-order valence-corrected chi connectivity index (χ0v) is 17.8. The number of hydrogen-bond acceptors (Lipinski definition) is 3. The van der Waals surface area contributed by atoms with Gasteiger partial charge in [0.1, 0.15) is 5.25 Å². The lowest BCUT2D eigenvalue weighted by Gasteiger charge is -2.18. The second-order valence-corrected chi connectivity index (χ2v) is 8.25. The molecule has 0 aliphatic carbocycles. The zero-order chi connectivity index (χ0) is 20.8. The number of hydrogen-bond donors (Lipinski definition) is 2. The van der Waals surface area contributed by atoms with Gasteiger partial charge in [-0.3, -0.25) is 9.59 Å². The molecular formula is C22H18Cl2N2O2S. The van der Waals surface area contributed by atoms with Gasteiger partial charge in [-0.1, -0.05) is 59.6 Å². The van der Waals surface area contributed by atoms with Crippen LogP contribution in [0.1, 0.15) is 17.7 Å². The highest BCUT2D eigenvalue weighted by Gasteiger charge is 2.23. The first-order valence-corrected chi connectivity index (χ1v) is 10.4. The summed E-state index contributed by atoms with van der Waals surface area (Å²) in [5.41, 5.74) is 2.02. The molecule has 2 N–H and O–H groups in total. The summed E-state index contributed by atoms with van der Waals surface area (Å²) >= 11 is 13.5. The average Bonchev–Trinajstić information content (AvgIpc) is 2.68. The number of carbonyl (C=O) groups is 2. The first-order valence-electron chi connectivity index (χ1n) is 8.77. The molecule has 1 atom stereocenters. The molecule has 0 aliphatic heterocycles. The van der Waals surface area contributed by atoms with Crippen molar-refractivity contribution in [2.24, 2.45) is 0 Å². The Balaban J connectivity index is 1.87. The van der Waals surface area contributed by atoms with Crippen molar-refractivity contribution in [2.45, 2.75) is 17.1 Å². The number of benzene rings is 3. The molecule has 0 heterocycles. The molecule has 0 radical (unpaired) electrons. The van der Waals surface area contributed by atoms with Crippen LogP contribution in [0.2, 0.25) is 10.0 Å². The predicted octanol–water partition coefficient (Wildman–Crippen LogP) is 6.42. The second kappa shape index (κ2) is 9.83. The number of carbonyl (C=O) groups excluding carboxylic acids is 2. The third-order valence-electron chi connectivity index (χ3n) is 3.94. The van der Waals surface area contributed by atoms with Crippen molar-refractivity contribution < 1.29 is 9.59 Å². The van der Waals surface area contributed by atoms with Gasteiger partial charge in [0.25, 0.3) is 0 Å². The van der Waals surface area contributed by atoms with Gasteiger partial charge >= 0.3 is 0 Å². The molecule has 29 heavy (non-hydrogen) atoms. The smallest absolute Gasteiger partial charge is 0.242 e. The Morgan fingerprint density at radius 1 is 0.897 bits per heavy atom. The Kier molecular flexibility index (Phi) is 7.20. The second-order valence-electron chi connectivity index (χ2n) is 6.23. The molecule has 4 nitrogen and oxygen atoms in total. The van der Waals surface area contributed by atoms with E-state index in [2.05, 4.69) is 10.6 Å². The van der Waals surface area contributed by atoms with E-state index in [4.69, 9.17) is 23.2 Å². The molecule has 0 fully saturated rings. The highest BCUT2D eigenvalue weighted by molar-refractivity contribution is 8.00. The summed E-state index contributed by atoms with van der Waals surface area (Å²) in [5, 5.41) is 5.99. The maximum Gasteiger partial charge on any atom is 0.242 e. The van der Waals surface area contributed by atoms with Crippen molar-refractivity contribution >= 4 is 58.2 Å². The van der Waals surface area contributed by atoms with E-state index in [-0.39, 0.29) is 11.8 Å². The zero-order valence-electron chi connectivity index (χ0n) is 15.5. The van der Waals surface area contributed by atoms with Gasteiger partial charge in [-0.25, -0.2) is 0 Å². The van der Waals surface area contributed by atoms with Crippen LogP contribution < -0.4 is 10.6 Å². The number of nitrogens with one attached hydrogen (secondary N) is 2. The van der Waals surface area contributed by atoms with Crippen molar-refractivity contribution in [1.82, 2.24) is 0 Å². The quantitative estimate of drug-likeness (QED) is 0.430. The number of anilines is 2. The summed E-state index contributed by atoms with van der Waals surface area (Å²) in [6, 6.07) is 21.8. The van der Waals surface area contributed by atoms with E-state index >= 15 is 0 Å². The maximum atomic E-state index is 13.1. The largest absolute Gasteiger partial charge is 0.326 e. The number of thioether (sulfide) groups is 1. The molecule has 3 aromatic carbocycles.